The van der Waals surface area contributed by atoms with E-state index in [1.807, 2.05) is 0 Å². The standard InChI is InChI=1S/C12H18O3Si/c1-14-12(13)10-5-7-11(8-6-10)15-9-16(2,3)4/h5-8H,9H2,1-4H3. The maximum atomic E-state index is 11.2. The summed E-state index contributed by atoms with van der Waals surface area (Å²) in [5.74, 6) is 0.479. The van der Waals surface area contributed by atoms with Crippen molar-refractivity contribution >= 4 is 14.0 Å². The van der Waals surface area contributed by atoms with Crippen LogP contribution in [0.1, 0.15) is 10.4 Å². The van der Waals surface area contributed by atoms with E-state index >= 15 is 0 Å². The van der Waals surface area contributed by atoms with Gasteiger partial charge in [-0.2, -0.15) is 0 Å². The van der Waals surface area contributed by atoms with Crippen LogP contribution in [0.5, 0.6) is 5.75 Å². The van der Waals surface area contributed by atoms with Crippen LogP contribution in [0, 0.1) is 0 Å². The number of esters is 1. The topological polar surface area (TPSA) is 35.5 Å². The lowest BCUT2D eigenvalue weighted by Crippen LogP contribution is -2.29. The maximum Gasteiger partial charge on any atom is 0.337 e. The van der Waals surface area contributed by atoms with Crippen molar-refractivity contribution in [1.29, 1.82) is 0 Å². The first-order chi connectivity index (χ1) is 7.42. The molecule has 0 spiro atoms. The van der Waals surface area contributed by atoms with Gasteiger partial charge in [0.2, 0.25) is 0 Å². The Labute approximate surface area is 97.4 Å². The highest BCUT2D eigenvalue weighted by Gasteiger charge is 2.14. The molecular formula is C12H18O3Si. The lowest BCUT2D eigenvalue weighted by Gasteiger charge is -2.16. The van der Waals surface area contributed by atoms with Crippen LogP contribution >= 0.6 is 0 Å². The number of rotatable bonds is 4. The molecule has 0 aliphatic heterocycles. The summed E-state index contributed by atoms with van der Waals surface area (Å²) in [5.41, 5.74) is 0.544. The van der Waals surface area contributed by atoms with E-state index in [-0.39, 0.29) is 5.97 Å². The molecule has 0 fully saturated rings. The van der Waals surface area contributed by atoms with Gasteiger partial charge in [0.15, 0.2) is 0 Å². The summed E-state index contributed by atoms with van der Waals surface area (Å²) >= 11 is 0. The van der Waals surface area contributed by atoms with Crippen LogP contribution in [0.2, 0.25) is 19.6 Å². The second-order valence-electron chi connectivity index (χ2n) is 4.87. The van der Waals surface area contributed by atoms with Crippen molar-refractivity contribution in [3.8, 4) is 5.75 Å². The van der Waals surface area contributed by atoms with E-state index in [0.29, 0.717) is 5.56 Å². The van der Waals surface area contributed by atoms with Crippen molar-refractivity contribution in [2.24, 2.45) is 0 Å². The van der Waals surface area contributed by atoms with E-state index < -0.39 is 8.07 Å². The van der Waals surface area contributed by atoms with Crippen LogP contribution in [0.25, 0.3) is 0 Å². The summed E-state index contributed by atoms with van der Waals surface area (Å²) in [5, 5.41) is 0. The Kier molecular flexibility index (Phi) is 4.12. The van der Waals surface area contributed by atoms with Crippen LogP contribution in [-0.4, -0.2) is 27.4 Å². The Balaban J connectivity index is 2.62. The molecule has 1 aromatic rings. The van der Waals surface area contributed by atoms with Crippen LogP contribution in [-0.2, 0) is 4.74 Å². The third kappa shape index (κ3) is 4.06. The minimum absolute atomic E-state index is 0.322. The highest BCUT2D eigenvalue weighted by atomic mass is 28.3. The van der Waals surface area contributed by atoms with Crippen molar-refractivity contribution in [2.75, 3.05) is 13.3 Å². The number of benzene rings is 1. The van der Waals surface area contributed by atoms with Gasteiger partial charge in [0.05, 0.1) is 27.0 Å². The highest BCUT2D eigenvalue weighted by molar-refractivity contribution is 6.76. The first kappa shape index (κ1) is 12.8. The molecule has 1 rings (SSSR count). The quantitative estimate of drug-likeness (QED) is 0.597. The molecule has 4 heteroatoms. The van der Waals surface area contributed by atoms with E-state index in [0.717, 1.165) is 12.0 Å². The van der Waals surface area contributed by atoms with Crippen LogP contribution in [0.3, 0.4) is 0 Å². The van der Waals surface area contributed by atoms with E-state index in [4.69, 9.17) is 4.74 Å². The molecule has 16 heavy (non-hydrogen) atoms. The number of hydrogen-bond donors (Lipinski definition) is 0. The minimum atomic E-state index is -1.20. The number of methoxy groups -OCH3 is 1. The third-order valence-electron chi connectivity index (χ3n) is 1.95. The van der Waals surface area contributed by atoms with Gasteiger partial charge >= 0.3 is 5.97 Å². The van der Waals surface area contributed by atoms with Crippen molar-refractivity contribution in [3.05, 3.63) is 29.8 Å². The highest BCUT2D eigenvalue weighted by Crippen LogP contribution is 2.14. The number of hydrogen-bond acceptors (Lipinski definition) is 3. The summed E-state index contributed by atoms with van der Waals surface area (Å²) in [7, 11) is 0.177. The van der Waals surface area contributed by atoms with Gasteiger partial charge in [-0.25, -0.2) is 4.79 Å². The van der Waals surface area contributed by atoms with Gasteiger partial charge in [-0.3, -0.25) is 0 Å². The Hall–Kier alpha value is -1.29. The molecule has 0 aromatic heterocycles. The van der Waals surface area contributed by atoms with Gasteiger partial charge in [0.25, 0.3) is 0 Å². The Bertz CT molecular complexity index is 352. The fourth-order valence-electron chi connectivity index (χ4n) is 1.10. The molecule has 0 bridgehead atoms. The summed E-state index contributed by atoms with van der Waals surface area (Å²) in [6.45, 7) is 6.74. The largest absolute Gasteiger partial charge is 0.497 e. The third-order valence-corrected chi connectivity index (χ3v) is 2.96. The predicted molar refractivity (Wildman–Crippen MR) is 66.6 cm³/mol. The molecule has 0 saturated heterocycles. The fourth-order valence-corrected chi connectivity index (χ4v) is 1.70. The molecule has 0 atom stereocenters. The molecule has 3 nitrogen and oxygen atoms in total. The van der Waals surface area contributed by atoms with Gasteiger partial charge in [-0.05, 0) is 24.3 Å². The van der Waals surface area contributed by atoms with E-state index in [2.05, 4.69) is 24.4 Å². The molecule has 88 valence electrons. The van der Waals surface area contributed by atoms with Crippen molar-refractivity contribution in [2.45, 2.75) is 19.6 Å². The Morgan fingerprint density at radius 1 is 1.19 bits per heavy atom. The van der Waals surface area contributed by atoms with Crippen molar-refractivity contribution in [3.63, 3.8) is 0 Å². The van der Waals surface area contributed by atoms with Gasteiger partial charge in [0, 0.05) is 0 Å². The lowest BCUT2D eigenvalue weighted by molar-refractivity contribution is 0.0600. The predicted octanol–water partition coefficient (Wildman–Crippen LogP) is 2.73. The number of carbonyl (C=O) groups excluding carboxylic acids is 1. The van der Waals surface area contributed by atoms with Crippen molar-refractivity contribution < 1.29 is 14.3 Å². The summed E-state index contributed by atoms with van der Waals surface area (Å²) in [6.07, 6.45) is 0.782. The summed E-state index contributed by atoms with van der Waals surface area (Å²) in [4.78, 5) is 11.2. The molecule has 0 amide bonds. The maximum absolute atomic E-state index is 11.2. The summed E-state index contributed by atoms with van der Waals surface area (Å²) < 4.78 is 10.3. The van der Waals surface area contributed by atoms with E-state index in [1.54, 1.807) is 24.3 Å². The fraction of sp³-hybridized carbons (Fsp3) is 0.417. The minimum Gasteiger partial charge on any atom is -0.497 e. The first-order valence-corrected chi connectivity index (χ1v) is 8.94. The number of ether oxygens (including phenoxy) is 2. The summed E-state index contributed by atoms with van der Waals surface area (Å²) in [6, 6.07) is 7.02. The van der Waals surface area contributed by atoms with Gasteiger partial charge in [-0.1, -0.05) is 19.6 Å². The van der Waals surface area contributed by atoms with Crippen molar-refractivity contribution in [1.82, 2.24) is 0 Å². The van der Waals surface area contributed by atoms with Crippen LogP contribution < -0.4 is 4.74 Å². The van der Waals surface area contributed by atoms with Gasteiger partial charge in [0.1, 0.15) is 5.75 Å². The molecule has 0 saturated carbocycles. The zero-order valence-corrected chi connectivity index (χ0v) is 11.2. The molecule has 0 unspecified atom stereocenters. The first-order valence-electron chi connectivity index (χ1n) is 5.23. The van der Waals surface area contributed by atoms with Crippen LogP contribution in [0.15, 0.2) is 24.3 Å². The molecule has 0 aliphatic carbocycles. The second kappa shape index (κ2) is 5.16. The zero-order valence-electron chi connectivity index (χ0n) is 10.2. The smallest absolute Gasteiger partial charge is 0.337 e. The molecule has 0 N–H and O–H groups in total. The van der Waals surface area contributed by atoms with E-state index in [1.165, 1.54) is 7.11 Å². The van der Waals surface area contributed by atoms with Crippen LogP contribution in [0.4, 0.5) is 0 Å². The second-order valence-corrected chi connectivity index (χ2v) is 10.3. The van der Waals surface area contributed by atoms with E-state index in [9.17, 15) is 4.79 Å². The Morgan fingerprint density at radius 3 is 2.19 bits per heavy atom. The monoisotopic (exact) mass is 238 g/mol. The Morgan fingerprint density at radius 2 is 1.75 bits per heavy atom. The van der Waals surface area contributed by atoms with Gasteiger partial charge < -0.3 is 9.47 Å². The molecular weight excluding hydrogens is 220 g/mol. The molecule has 0 radical (unpaired) electrons. The van der Waals surface area contributed by atoms with Gasteiger partial charge in [-0.15, -0.1) is 0 Å². The lowest BCUT2D eigenvalue weighted by atomic mass is 10.2. The average Bonchev–Trinajstić information content (AvgIpc) is 2.25. The normalized spacial score (nSPS) is 11.0. The molecule has 0 aliphatic rings. The molecule has 0 heterocycles. The zero-order chi connectivity index (χ0) is 12.2. The number of carbonyl (C=O) groups is 1. The SMILES string of the molecule is COC(=O)c1ccc(OC[Si](C)(C)C)cc1. The molecule has 1 aromatic carbocycles. The average molecular weight is 238 g/mol.